The van der Waals surface area contributed by atoms with Crippen LogP contribution in [0.4, 0.5) is 0 Å². The van der Waals surface area contributed by atoms with Crippen LogP contribution in [-0.2, 0) is 7.05 Å². The van der Waals surface area contributed by atoms with E-state index in [2.05, 4.69) is 12.0 Å². The van der Waals surface area contributed by atoms with E-state index in [0.29, 0.717) is 0 Å². The van der Waals surface area contributed by atoms with Crippen molar-refractivity contribution in [2.75, 3.05) is 5.75 Å². The van der Waals surface area contributed by atoms with Gasteiger partial charge in [-0.05, 0) is 5.75 Å². The standard InChI is InChI=1S/C6H9ClN2S/c1-3-10-6-5(7)4-8-9(6)2/h4H,3H2,1-2H3. The van der Waals surface area contributed by atoms with E-state index in [1.54, 1.807) is 22.6 Å². The minimum absolute atomic E-state index is 0.745. The normalized spacial score (nSPS) is 10.3. The van der Waals surface area contributed by atoms with Crippen LogP contribution in [-0.4, -0.2) is 15.5 Å². The zero-order valence-corrected chi connectivity index (χ0v) is 7.54. The Balaban J connectivity index is 2.87. The van der Waals surface area contributed by atoms with Gasteiger partial charge in [0.25, 0.3) is 0 Å². The molecule has 0 atom stereocenters. The summed E-state index contributed by atoms with van der Waals surface area (Å²) in [7, 11) is 1.89. The van der Waals surface area contributed by atoms with Crippen molar-refractivity contribution in [2.24, 2.45) is 7.05 Å². The van der Waals surface area contributed by atoms with Crippen LogP contribution >= 0.6 is 23.4 Å². The lowest BCUT2D eigenvalue weighted by atomic mass is 10.7. The molecule has 10 heavy (non-hydrogen) atoms. The lowest BCUT2D eigenvalue weighted by Gasteiger charge is -1.97. The second-order valence-electron chi connectivity index (χ2n) is 1.85. The van der Waals surface area contributed by atoms with Gasteiger partial charge in [-0.1, -0.05) is 18.5 Å². The van der Waals surface area contributed by atoms with Crippen molar-refractivity contribution < 1.29 is 0 Å². The Bertz CT molecular complexity index is 202. The molecule has 0 spiro atoms. The minimum atomic E-state index is 0.745. The second-order valence-corrected chi connectivity index (χ2v) is 3.51. The summed E-state index contributed by atoms with van der Waals surface area (Å²) in [5.74, 6) is 1.03. The number of nitrogens with zero attached hydrogens (tertiary/aromatic N) is 2. The molecule has 1 aromatic rings. The van der Waals surface area contributed by atoms with Gasteiger partial charge >= 0.3 is 0 Å². The first-order chi connectivity index (χ1) is 4.75. The summed E-state index contributed by atoms with van der Waals surface area (Å²) in [5.41, 5.74) is 0. The monoisotopic (exact) mass is 176 g/mol. The van der Waals surface area contributed by atoms with Crippen LogP contribution in [0.25, 0.3) is 0 Å². The summed E-state index contributed by atoms with van der Waals surface area (Å²) in [6.45, 7) is 2.09. The van der Waals surface area contributed by atoms with E-state index in [0.717, 1.165) is 15.8 Å². The van der Waals surface area contributed by atoms with Crippen LogP contribution < -0.4 is 0 Å². The first-order valence-electron chi connectivity index (χ1n) is 3.06. The zero-order chi connectivity index (χ0) is 7.56. The quantitative estimate of drug-likeness (QED) is 0.643. The fourth-order valence-electron chi connectivity index (χ4n) is 0.699. The van der Waals surface area contributed by atoms with Crippen molar-refractivity contribution in [3.8, 4) is 0 Å². The summed E-state index contributed by atoms with van der Waals surface area (Å²) >= 11 is 7.52. The molecule has 0 aliphatic heterocycles. The van der Waals surface area contributed by atoms with Gasteiger partial charge in [0, 0.05) is 7.05 Å². The number of aromatic nitrogens is 2. The smallest absolute Gasteiger partial charge is 0.112 e. The molecule has 0 fully saturated rings. The van der Waals surface area contributed by atoms with Crippen LogP contribution in [0.2, 0.25) is 5.02 Å². The molecule has 0 aliphatic carbocycles. The fraction of sp³-hybridized carbons (Fsp3) is 0.500. The Morgan fingerprint density at radius 2 is 2.50 bits per heavy atom. The highest BCUT2D eigenvalue weighted by molar-refractivity contribution is 7.99. The predicted octanol–water partition coefficient (Wildman–Crippen LogP) is 2.19. The summed E-state index contributed by atoms with van der Waals surface area (Å²) in [6.07, 6.45) is 1.67. The number of rotatable bonds is 2. The van der Waals surface area contributed by atoms with Gasteiger partial charge in [-0.2, -0.15) is 5.10 Å². The third-order valence-corrected chi connectivity index (χ3v) is 2.56. The highest BCUT2D eigenvalue weighted by Crippen LogP contribution is 2.25. The van der Waals surface area contributed by atoms with E-state index in [4.69, 9.17) is 11.6 Å². The molecule has 0 amide bonds. The zero-order valence-electron chi connectivity index (χ0n) is 5.97. The van der Waals surface area contributed by atoms with Gasteiger partial charge in [0.1, 0.15) is 5.03 Å². The van der Waals surface area contributed by atoms with E-state index in [9.17, 15) is 0 Å². The summed E-state index contributed by atoms with van der Waals surface area (Å²) in [6, 6.07) is 0. The van der Waals surface area contributed by atoms with Gasteiger partial charge in [-0.25, -0.2) is 0 Å². The van der Waals surface area contributed by atoms with Gasteiger partial charge in [-0.3, -0.25) is 4.68 Å². The molecule has 1 rings (SSSR count). The Labute approximate surface area is 69.6 Å². The highest BCUT2D eigenvalue weighted by atomic mass is 35.5. The van der Waals surface area contributed by atoms with Crippen LogP contribution in [0.1, 0.15) is 6.92 Å². The average Bonchev–Trinajstić information content (AvgIpc) is 2.20. The van der Waals surface area contributed by atoms with E-state index in [1.807, 2.05) is 7.05 Å². The van der Waals surface area contributed by atoms with Gasteiger partial charge in [0.15, 0.2) is 0 Å². The number of thioether (sulfide) groups is 1. The third-order valence-electron chi connectivity index (χ3n) is 1.12. The van der Waals surface area contributed by atoms with Crippen molar-refractivity contribution in [1.29, 1.82) is 0 Å². The molecule has 0 saturated carbocycles. The molecule has 56 valence electrons. The van der Waals surface area contributed by atoms with E-state index in [-0.39, 0.29) is 0 Å². The molecular weight excluding hydrogens is 168 g/mol. The second kappa shape index (κ2) is 3.30. The number of hydrogen-bond acceptors (Lipinski definition) is 2. The van der Waals surface area contributed by atoms with Gasteiger partial charge in [-0.15, -0.1) is 11.8 Å². The van der Waals surface area contributed by atoms with Gasteiger partial charge in [0.05, 0.1) is 11.2 Å². The first-order valence-corrected chi connectivity index (χ1v) is 4.42. The fourth-order valence-corrected chi connectivity index (χ4v) is 1.73. The molecule has 0 aromatic carbocycles. The largest absolute Gasteiger partial charge is 0.261 e. The summed E-state index contributed by atoms with van der Waals surface area (Å²) in [5, 5.41) is 5.79. The SMILES string of the molecule is CCSc1c(Cl)cnn1C. The Hall–Kier alpha value is -0.150. The molecular formula is C6H9ClN2S. The molecule has 1 aromatic heterocycles. The molecule has 0 N–H and O–H groups in total. The number of halogens is 1. The maximum atomic E-state index is 5.82. The van der Waals surface area contributed by atoms with Crippen LogP contribution in [0.5, 0.6) is 0 Å². The third kappa shape index (κ3) is 1.47. The van der Waals surface area contributed by atoms with Crippen LogP contribution in [0.15, 0.2) is 11.2 Å². The molecule has 0 unspecified atom stereocenters. The Kier molecular flexibility index (Phi) is 2.63. The Morgan fingerprint density at radius 1 is 1.80 bits per heavy atom. The molecule has 1 heterocycles. The average molecular weight is 177 g/mol. The van der Waals surface area contributed by atoms with E-state index in [1.165, 1.54) is 0 Å². The van der Waals surface area contributed by atoms with Crippen molar-refractivity contribution in [3.05, 3.63) is 11.2 Å². The van der Waals surface area contributed by atoms with Crippen LogP contribution in [0.3, 0.4) is 0 Å². The molecule has 0 saturated heterocycles. The van der Waals surface area contributed by atoms with E-state index < -0.39 is 0 Å². The molecule has 0 aliphatic rings. The number of aryl methyl sites for hydroxylation is 1. The van der Waals surface area contributed by atoms with Crippen molar-refractivity contribution in [2.45, 2.75) is 11.9 Å². The first kappa shape index (κ1) is 7.95. The van der Waals surface area contributed by atoms with Crippen molar-refractivity contribution in [1.82, 2.24) is 9.78 Å². The topological polar surface area (TPSA) is 17.8 Å². The lowest BCUT2D eigenvalue weighted by Crippen LogP contribution is -1.91. The molecule has 0 bridgehead atoms. The Morgan fingerprint density at radius 3 is 2.90 bits per heavy atom. The molecule has 4 heteroatoms. The predicted molar refractivity (Wildman–Crippen MR) is 44.6 cm³/mol. The van der Waals surface area contributed by atoms with Gasteiger partial charge < -0.3 is 0 Å². The van der Waals surface area contributed by atoms with Crippen molar-refractivity contribution in [3.63, 3.8) is 0 Å². The maximum Gasteiger partial charge on any atom is 0.112 e. The minimum Gasteiger partial charge on any atom is -0.261 e. The highest BCUT2D eigenvalue weighted by Gasteiger charge is 2.03. The maximum absolute atomic E-state index is 5.82. The van der Waals surface area contributed by atoms with Crippen molar-refractivity contribution >= 4 is 23.4 Å². The molecule has 2 nitrogen and oxygen atoms in total. The molecule has 0 radical (unpaired) electrons. The van der Waals surface area contributed by atoms with Crippen LogP contribution in [0, 0.1) is 0 Å². The van der Waals surface area contributed by atoms with E-state index >= 15 is 0 Å². The lowest BCUT2D eigenvalue weighted by molar-refractivity contribution is 0.699. The number of hydrogen-bond donors (Lipinski definition) is 0. The van der Waals surface area contributed by atoms with Gasteiger partial charge in [0.2, 0.25) is 0 Å². The summed E-state index contributed by atoms with van der Waals surface area (Å²) < 4.78 is 1.79. The summed E-state index contributed by atoms with van der Waals surface area (Å²) in [4.78, 5) is 0.